The highest BCUT2D eigenvalue weighted by atomic mass is 16.2. The van der Waals surface area contributed by atoms with E-state index in [0.29, 0.717) is 24.7 Å². The zero-order valence-corrected chi connectivity index (χ0v) is 10.7. The van der Waals surface area contributed by atoms with E-state index in [0.717, 1.165) is 12.8 Å². The van der Waals surface area contributed by atoms with Gasteiger partial charge in [-0.2, -0.15) is 0 Å². The molecule has 0 saturated heterocycles. The summed E-state index contributed by atoms with van der Waals surface area (Å²) in [5.74, 6) is 0.482. The summed E-state index contributed by atoms with van der Waals surface area (Å²) in [6.07, 6.45) is 3.11. The van der Waals surface area contributed by atoms with Gasteiger partial charge in [-0.15, -0.1) is 0 Å². The van der Waals surface area contributed by atoms with Gasteiger partial charge < -0.3 is 4.90 Å². The second-order valence-electron chi connectivity index (χ2n) is 4.84. The number of ketones is 1. The number of nitrogens with zero attached hydrogens (tertiary/aromatic N) is 2. The van der Waals surface area contributed by atoms with Crippen LogP contribution in [0.3, 0.4) is 0 Å². The Morgan fingerprint density at radius 2 is 1.75 bits per heavy atom. The quantitative estimate of drug-likeness (QED) is 0.718. The smallest absolute Gasteiger partial charge is 0.239 e. The Morgan fingerprint density at radius 1 is 1.25 bits per heavy atom. The van der Waals surface area contributed by atoms with E-state index in [1.54, 1.807) is 19.0 Å². The lowest BCUT2D eigenvalue weighted by Gasteiger charge is -2.35. The van der Waals surface area contributed by atoms with E-state index in [-0.39, 0.29) is 11.9 Å². The van der Waals surface area contributed by atoms with Crippen molar-refractivity contribution in [2.24, 2.45) is 0 Å². The first kappa shape index (κ1) is 13.2. The maximum Gasteiger partial charge on any atom is 0.239 e. The van der Waals surface area contributed by atoms with Gasteiger partial charge in [-0.3, -0.25) is 14.5 Å². The highest BCUT2D eigenvalue weighted by molar-refractivity contribution is 5.81. The number of likely N-dealkylation sites (N-methyl/N-ethyl adjacent to an activating group) is 2. The minimum Gasteiger partial charge on any atom is -0.347 e. The number of amides is 1. The van der Waals surface area contributed by atoms with Crippen LogP contribution in [0.25, 0.3) is 0 Å². The molecule has 92 valence electrons. The van der Waals surface area contributed by atoms with Gasteiger partial charge in [0.1, 0.15) is 5.78 Å². The van der Waals surface area contributed by atoms with Gasteiger partial charge in [-0.25, -0.2) is 0 Å². The fourth-order valence-corrected chi connectivity index (χ4v) is 2.20. The Morgan fingerprint density at radius 3 is 2.19 bits per heavy atom. The van der Waals surface area contributed by atoms with Crippen LogP contribution in [0.1, 0.15) is 32.6 Å². The van der Waals surface area contributed by atoms with Gasteiger partial charge in [0.15, 0.2) is 0 Å². The minimum absolute atomic E-state index is 0.104. The van der Waals surface area contributed by atoms with Crippen molar-refractivity contribution in [1.82, 2.24) is 9.80 Å². The number of carbonyl (C=O) groups is 2. The molecular formula is C12H22N2O2. The first-order chi connectivity index (χ1) is 7.43. The van der Waals surface area contributed by atoms with E-state index in [2.05, 4.69) is 4.90 Å². The van der Waals surface area contributed by atoms with E-state index >= 15 is 0 Å². The van der Waals surface area contributed by atoms with Gasteiger partial charge >= 0.3 is 0 Å². The number of hydrogen-bond donors (Lipinski definition) is 0. The number of rotatable bonds is 3. The molecule has 1 aliphatic carbocycles. The molecule has 1 fully saturated rings. The Bertz CT molecular complexity index is 266. The van der Waals surface area contributed by atoms with Crippen LogP contribution in [0, 0.1) is 0 Å². The predicted molar refractivity (Wildman–Crippen MR) is 63.2 cm³/mol. The molecule has 4 nitrogen and oxygen atoms in total. The summed E-state index contributed by atoms with van der Waals surface area (Å²) in [5.41, 5.74) is 0. The Labute approximate surface area is 97.6 Å². The molecule has 0 aromatic carbocycles. The standard InChI is InChI=1S/C12H22N2O2/c1-9(12(16)13(2)3)14(4)10-5-7-11(15)8-6-10/h9-10H,5-8H2,1-4H3. The molecule has 1 unspecified atom stereocenters. The molecule has 0 radical (unpaired) electrons. The summed E-state index contributed by atoms with van der Waals surface area (Å²) < 4.78 is 0. The van der Waals surface area contributed by atoms with Crippen molar-refractivity contribution >= 4 is 11.7 Å². The van der Waals surface area contributed by atoms with E-state index in [9.17, 15) is 9.59 Å². The molecule has 1 rings (SSSR count). The second-order valence-corrected chi connectivity index (χ2v) is 4.84. The predicted octanol–water partition coefficient (Wildman–Crippen LogP) is 0.907. The lowest BCUT2D eigenvalue weighted by Crippen LogP contribution is -2.48. The molecule has 1 atom stereocenters. The number of hydrogen-bond acceptors (Lipinski definition) is 3. The van der Waals surface area contributed by atoms with Crippen LogP contribution in [0.15, 0.2) is 0 Å². The number of Topliss-reactive ketones (excluding diaryl/α,β-unsaturated/α-hetero) is 1. The van der Waals surface area contributed by atoms with Gasteiger partial charge in [0.05, 0.1) is 6.04 Å². The molecule has 1 aliphatic rings. The Balaban J connectivity index is 2.53. The van der Waals surface area contributed by atoms with Crippen molar-refractivity contribution < 1.29 is 9.59 Å². The van der Waals surface area contributed by atoms with Crippen molar-refractivity contribution in [3.63, 3.8) is 0 Å². The van der Waals surface area contributed by atoms with Crippen molar-refractivity contribution in [1.29, 1.82) is 0 Å². The van der Waals surface area contributed by atoms with Crippen LogP contribution in [0.5, 0.6) is 0 Å². The molecule has 0 heterocycles. The minimum atomic E-state index is -0.104. The summed E-state index contributed by atoms with van der Waals surface area (Å²) in [7, 11) is 5.53. The third kappa shape index (κ3) is 3.04. The maximum atomic E-state index is 11.8. The Kier molecular flexibility index (Phi) is 4.47. The zero-order valence-electron chi connectivity index (χ0n) is 10.7. The van der Waals surface area contributed by atoms with E-state index in [1.807, 2.05) is 14.0 Å². The van der Waals surface area contributed by atoms with Crippen LogP contribution in [-0.2, 0) is 9.59 Å². The normalized spacial score (nSPS) is 19.9. The Hall–Kier alpha value is -0.900. The van der Waals surface area contributed by atoms with Crippen molar-refractivity contribution in [3.8, 4) is 0 Å². The summed E-state index contributed by atoms with van der Waals surface area (Å²) in [5, 5.41) is 0. The highest BCUT2D eigenvalue weighted by Gasteiger charge is 2.28. The topological polar surface area (TPSA) is 40.6 Å². The molecule has 0 bridgehead atoms. The monoisotopic (exact) mass is 226 g/mol. The molecule has 1 saturated carbocycles. The van der Waals surface area contributed by atoms with E-state index < -0.39 is 0 Å². The lowest BCUT2D eigenvalue weighted by atomic mass is 9.92. The molecule has 0 N–H and O–H groups in total. The summed E-state index contributed by atoms with van der Waals surface area (Å²) in [6.45, 7) is 1.93. The zero-order chi connectivity index (χ0) is 12.3. The van der Waals surface area contributed by atoms with E-state index in [4.69, 9.17) is 0 Å². The molecule has 16 heavy (non-hydrogen) atoms. The third-order valence-corrected chi connectivity index (χ3v) is 3.50. The van der Waals surface area contributed by atoms with Crippen molar-refractivity contribution in [2.75, 3.05) is 21.1 Å². The van der Waals surface area contributed by atoms with Crippen molar-refractivity contribution in [2.45, 2.75) is 44.7 Å². The summed E-state index contributed by atoms with van der Waals surface area (Å²) in [6, 6.07) is 0.268. The highest BCUT2D eigenvalue weighted by Crippen LogP contribution is 2.21. The molecular weight excluding hydrogens is 204 g/mol. The van der Waals surface area contributed by atoms with Gasteiger partial charge in [0.25, 0.3) is 0 Å². The number of carbonyl (C=O) groups excluding carboxylic acids is 2. The molecule has 0 aromatic heterocycles. The van der Waals surface area contributed by atoms with Gasteiger partial charge in [0, 0.05) is 33.0 Å². The average Bonchev–Trinajstić information content (AvgIpc) is 2.27. The lowest BCUT2D eigenvalue weighted by molar-refractivity contribution is -0.134. The van der Waals surface area contributed by atoms with Gasteiger partial charge in [0.2, 0.25) is 5.91 Å². The second kappa shape index (κ2) is 5.43. The first-order valence-corrected chi connectivity index (χ1v) is 5.88. The molecule has 0 spiro atoms. The van der Waals surface area contributed by atoms with Crippen LogP contribution >= 0.6 is 0 Å². The van der Waals surface area contributed by atoms with Crippen LogP contribution < -0.4 is 0 Å². The van der Waals surface area contributed by atoms with E-state index in [1.165, 1.54) is 0 Å². The molecule has 4 heteroatoms. The fourth-order valence-electron chi connectivity index (χ4n) is 2.20. The van der Waals surface area contributed by atoms with Crippen LogP contribution in [0.2, 0.25) is 0 Å². The molecule has 0 aromatic rings. The SMILES string of the molecule is CC(C(=O)N(C)C)N(C)C1CCC(=O)CC1. The summed E-state index contributed by atoms with van der Waals surface area (Å²) in [4.78, 5) is 26.7. The summed E-state index contributed by atoms with van der Waals surface area (Å²) >= 11 is 0. The van der Waals surface area contributed by atoms with Gasteiger partial charge in [-0.05, 0) is 26.8 Å². The van der Waals surface area contributed by atoms with Gasteiger partial charge in [-0.1, -0.05) is 0 Å². The van der Waals surface area contributed by atoms with Crippen LogP contribution in [-0.4, -0.2) is 54.7 Å². The first-order valence-electron chi connectivity index (χ1n) is 5.88. The average molecular weight is 226 g/mol. The third-order valence-electron chi connectivity index (χ3n) is 3.50. The largest absolute Gasteiger partial charge is 0.347 e. The van der Waals surface area contributed by atoms with Crippen LogP contribution in [0.4, 0.5) is 0 Å². The molecule has 1 amide bonds. The van der Waals surface area contributed by atoms with Crippen molar-refractivity contribution in [3.05, 3.63) is 0 Å². The molecule has 0 aliphatic heterocycles. The maximum absolute atomic E-state index is 11.8. The fraction of sp³-hybridized carbons (Fsp3) is 0.833.